The van der Waals surface area contributed by atoms with Crippen LogP contribution in [0.5, 0.6) is 5.75 Å². The van der Waals surface area contributed by atoms with Crippen LogP contribution in [0.25, 0.3) is 38.1 Å². The Morgan fingerprint density at radius 2 is 1.73 bits per heavy atom. The van der Waals surface area contributed by atoms with E-state index in [1.54, 1.807) is 16.7 Å². The number of fused-ring (bicyclic) bond motifs is 5. The Hall–Kier alpha value is -4.52. The number of halogens is 1. The van der Waals surface area contributed by atoms with Crippen LogP contribution in [0.1, 0.15) is 0 Å². The monoisotopic (exact) mass is 437 g/mol. The van der Waals surface area contributed by atoms with E-state index in [0.29, 0.717) is 16.8 Å². The molecule has 0 aliphatic carbocycles. The maximum absolute atomic E-state index is 13.3. The number of rotatable bonds is 4. The van der Waals surface area contributed by atoms with E-state index in [9.17, 15) is 14.0 Å². The number of hydrogen-bond acceptors (Lipinski definition) is 4. The van der Waals surface area contributed by atoms with Crippen LogP contribution in [0.2, 0.25) is 0 Å². The number of aromatic nitrogens is 2. The fourth-order valence-electron chi connectivity index (χ4n) is 4.32. The van der Waals surface area contributed by atoms with E-state index in [4.69, 9.17) is 4.74 Å². The summed E-state index contributed by atoms with van der Waals surface area (Å²) in [6.07, 6.45) is 1.73. The molecule has 3 aromatic heterocycles. The van der Waals surface area contributed by atoms with Crippen molar-refractivity contribution in [3.8, 4) is 5.75 Å². The number of carbonyl (C=O) groups is 1. The third-order valence-corrected chi connectivity index (χ3v) is 5.76. The Labute approximate surface area is 186 Å². The summed E-state index contributed by atoms with van der Waals surface area (Å²) in [5, 5.41) is 5.82. The van der Waals surface area contributed by atoms with Crippen molar-refractivity contribution in [3.05, 3.63) is 95.2 Å². The molecule has 160 valence electrons. The Bertz CT molecular complexity index is 1740. The second-order valence-electron chi connectivity index (χ2n) is 7.76. The molecule has 3 heterocycles. The Morgan fingerprint density at radius 1 is 0.939 bits per heavy atom. The number of ether oxygens (including phenoxy) is 1. The number of hydrogen-bond donors (Lipinski definition) is 1. The number of nitrogens with one attached hydrogen (secondary N) is 1. The van der Waals surface area contributed by atoms with Gasteiger partial charge in [0.25, 0.3) is 11.5 Å². The van der Waals surface area contributed by atoms with Gasteiger partial charge in [0, 0.05) is 33.4 Å². The average Bonchev–Trinajstić information content (AvgIpc) is 3.17. The highest BCUT2D eigenvalue weighted by Gasteiger charge is 2.18. The van der Waals surface area contributed by atoms with Gasteiger partial charge >= 0.3 is 0 Å². The third kappa shape index (κ3) is 3.05. The molecule has 1 N–H and O–H groups in total. The topological polar surface area (TPSA) is 72.7 Å². The highest BCUT2D eigenvalue weighted by atomic mass is 19.1. The minimum Gasteiger partial charge on any atom is -0.484 e. The molecule has 0 spiro atoms. The van der Waals surface area contributed by atoms with Crippen LogP contribution in [0, 0.1) is 5.82 Å². The first-order valence-electron chi connectivity index (χ1n) is 10.4. The molecule has 3 aromatic carbocycles. The van der Waals surface area contributed by atoms with Crippen molar-refractivity contribution < 1.29 is 13.9 Å². The molecule has 6 nitrogen and oxygen atoms in total. The van der Waals surface area contributed by atoms with Crippen molar-refractivity contribution >= 4 is 49.7 Å². The highest BCUT2D eigenvalue weighted by Crippen LogP contribution is 2.34. The lowest BCUT2D eigenvalue weighted by Crippen LogP contribution is -2.20. The molecule has 0 fully saturated rings. The average molecular weight is 437 g/mol. The van der Waals surface area contributed by atoms with Gasteiger partial charge in [0.2, 0.25) is 0 Å². The predicted octanol–water partition coefficient (Wildman–Crippen LogP) is 4.75. The van der Waals surface area contributed by atoms with Crippen molar-refractivity contribution in [1.29, 1.82) is 0 Å². The lowest BCUT2D eigenvalue weighted by atomic mass is 10.1. The van der Waals surface area contributed by atoms with Gasteiger partial charge in [-0.3, -0.25) is 19.0 Å². The van der Waals surface area contributed by atoms with Crippen LogP contribution >= 0.6 is 0 Å². The van der Waals surface area contributed by atoms with Gasteiger partial charge in [0.05, 0.1) is 16.6 Å². The van der Waals surface area contributed by atoms with E-state index < -0.39 is 0 Å². The molecule has 0 aliphatic rings. The molecule has 6 aromatic rings. The summed E-state index contributed by atoms with van der Waals surface area (Å²) >= 11 is 0. The van der Waals surface area contributed by atoms with Crippen LogP contribution < -0.4 is 15.6 Å². The summed E-state index contributed by atoms with van der Waals surface area (Å²) < 4.78 is 20.4. The molecule has 0 aliphatic heterocycles. The number of pyridine rings is 2. The lowest BCUT2D eigenvalue weighted by Gasteiger charge is -2.08. The van der Waals surface area contributed by atoms with E-state index in [1.165, 1.54) is 24.3 Å². The van der Waals surface area contributed by atoms with Gasteiger partial charge in [-0.2, -0.15) is 0 Å². The lowest BCUT2D eigenvalue weighted by molar-refractivity contribution is -0.118. The maximum Gasteiger partial charge on any atom is 0.263 e. The van der Waals surface area contributed by atoms with Gasteiger partial charge in [-0.15, -0.1) is 0 Å². The second kappa shape index (κ2) is 7.27. The first-order chi connectivity index (χ1) is 16.1. The number of nitrogens with zero attached hydrogens (tertiary/aromatic N) is 2. The normalized spacial score (nSPS) is 11.5. The van der Waals surface area contributed by atoms with E-state index >= 15 is 0 Å². The van der Waals surface area contributed by atoms with Crippen molar-refractivity contribution in [1.82, 2.24) is 9.38 Å². The van der Waals surface area contributed by atoms with Gasteiger partial charge in [0.15, 0.2) is 6.61 Å². The molecule has 1 amide bonds. The molecule has 0 atom stereocenters. The van der Waals surface area contributed by atoms with E-state index in [-0.39, 0.29) is 23.9 Å². The fourth-order valence-corrected chi connectivity index (χ4v) is 4.32. The molecular weight excluding hydrogens is 421 g/mol. The summed E-state index contributed by atoms with van der Waals surface area (Å²) in [5.41, 5.74) is 2.67. The van der Waals surface area contributed by atoms with Crippen LogP contribution in [-0.2, 0) is 4.79 Å². The second-order valence-corrected chi connectivity index (χ2v) is 7.76. The number of benzene rings is 3. The van der Waals surface area contributed by atoms with Gasteiger partial charge in [-0.05, 0) is 54.6 Å². The summed E-state index contributed by atoms with van der Waals surface area (Å²) in [7, 11) is 0. The highest BCUT2D eigenvalue weighted by molar-refractivity contribution is 6.18. The largest absolute Gasteiger partial charge is 0.484 e. The van der Waals surface area contributed by atoms with Gasteiger partial charge < -0.3 is 10.1 Å². The number of amides is 1. The maximum atomic E-state index is 13.3. The van der Waals surface area contributed by atoms with Crippen LogP contribution in [0.3, 0.4) is 0 Å². The van der Waals surface area contributed by atoms with E-state index in [2.05, 4.69) is 10.3 Å². The standard InChI is InChI=1S/C26H16FN3O3/c27-15-5-7-16(8-6-15)29-23(31)14-33-17-9-10-22-21(13-17)19-11-12-28-24-18-3-1-2-4-20(18)26(32)30(22)25(19)24/h1-13H,14H2,(H,29,31). The molecule has 0 saturated carbocycles. The van der Waals surface area contributed by atoms with Crippen molar-refractivity contribution in [3.63, 3.8) is 0 Å². The van der Waals surface area contributed by atoms with Gasteiger partial charge in [0.1, 0.15) is 11.6 Å². The van der Waals surface area contributed by atoms with E-state index in [1.807, 2.05) is 42.5 Å². The smallest absolute Gasteiger partial charge is 0.263 e. The SMILES string of the molecule is O=C(COc1ccc2c(c1)c1ccnc3c4ccccc4c(=O)n2c13)Nc1ccc(F)cc1. The predicted molar refractivity (Wildman–Crippen MR) is 126 cm³/mol. The zero-order valence-electron chi connectivity index (χ0n) is 17.2. The number of anilines is 1. The molecular formula is C26H16FN3O3. The molecule has 0 radical (unpaired) electrons. The first kappa shape index (κ1) is 19.2. The molecule has 7 heteroatoms. The summed E-state index contributed by atoms with van der Waals surface area (Å²) in [6.45, 7) is -0.210. The van der Waals surface area contributed by atoms with Crippen molar-refractivity contribution in [2.24, 2.45) is 0 Å². The van der Waals surface area contributed by atoms with Crippen LogP contribution in [0.4, 0.5) is 10.1 Å². The molecule has 0 bridgehead atoms. The van der Waals surface area contributed by atoms with E-state index in [0.717, 1.165) is 32.7 Å². The van der Waals surface area contributed by atoms with Gasteiger partial charge in [-0.1, -0.05) is 18.2 Å². The molecule has 0 saturated heterocycles. The zero-order valence-corrected chi connectivity index (χ0v) is 17.2. The molecule has 6 rings (SSSR count). The fraction of sp³-hybridized carbons (Fsp3) is 0.0385. The van der Waals surface area contributed by atoms with Crippen LogP contribution in [0.15, 0.2) is 83.8 Å². The van der Waals surface area contributed by atoms with Gasteiger partial charge in [-0.25, -0.2) is 4.39 Å². The molecule has 0 unspecified atom stereocenters. The summed E-state index contributed by atoms with van der Waals surface area (Å²) in [4.78, 5) is 30.1. The summed E-state index contributed by atoms with van der Waals surface area (Å²) in [6, 6.07) is 20.2. The minimum absolute atomic E-state index is 0.0987. The number of carbonyl (C=O) groups excluding carboxylic acids is 1. The Morgan fingerprint density at radius 3 is 2.55 bits per heavy atom. The summed E-state index contributed by atoms with van der Waals surface area (Å²) in [5.74, 6) is -0.238. The quantitative estimate of drug-likeness (QED) is 0.404. The Balaban J connectivity index is 1.39. The zero-order chi connectivity index (χ0) is 22.5. The van der Waals surface area contributed by atoms with Crippen molar-refractivity contribution in [2.45, 2.75) is 0 Å². The molecule has 33 heavy (non-hydrogen) atoms. The first-order valence-corrected chi connectivity index (χ1v) is 10.4. The minimum atomic E-state index is -0.374. The third-order valence-electron chi connectivity index (χ3n) is 5.76. The van der Waals surface area contributed by atoms with Crippen LogP contribution in [-0.4, -0.2) is 21.9 Å². The van der Waals surface area contributed by atoms with Crippen molar-refractivity contribution in [2.75, 3.05) is 11.9 Å². The Kier molecular flexibility index (Phi) is 4.23.